The summed E-state index contributed by atoms with van der Waals surface area (Å²) in [6.07, 6.45) is 7.06. The van der Waals surface area contributed by atoms with Crippen molar-refractivity contribution in [1.29, 1.82) is 0 Å². The van der Waals surface area contributed by atoms with E-state index in [1.165, 1.54) is 6.92 Å². The highest BCUT2D eigenvalue weighted by molar-refractivity contribution is 7.71. The number of rotatable bonds is 9. The first-order valence-electron chi connectivity index (χ1n) is 11.0. The molecule has 2 aromatic rings. The molecule has 0 aliphatic heterocycles. The fourth-order valence-electron chi connectivity index (χ4n) is 4.11. The Morgan fingerprint density at radius 2 is 1.97 bits per heavy atom. The summed E-state index contributed by atoms with van der Waals surface area (Å²) in [4.78, 5) is 28.5. The Kier molecular flexibility index (Phi) is 7.94. The Bertz CT molecular complexity index is 941. The van der Waals surface area contributed by atoms with Crippen LogP contribution >= 0.6 is 12.2 Å². The number of hydrogen-bond acceptors (Lipinski definition) is 7. The molecule has 11 heteroatoms. The lowest BCUT2D eigenvalue weighted by molar-refractivity contribution is -0.122. The van der Waals surface area contributed by atoms with E-state index in [1.807, 2.05) is 11.5 Å². The highest BCUT2D eigenvalue weighted by Crippen LogP contribution is 2.34. The van der Waals surface area contributed by atoms with Crippen molar-refractivity contribution in [3.05, 3.63) is 22.3 Å². The van der Waals surface area contributed by atoms with Crippen molar-refractivity contribution in [3.63, 3.8) is 0 Å². The van der Waals surface area contributed by atoms with Crippen LogP contribution in [0.2, 0.25) is 0 Å². The topological polar surface area (TPSA) is 131 Å². The van der Waals surface area contributed by atoms with Crippen LogP contribution in [0.15, 0.2) is 4.52 Å². The number of hydrogen-bond donors (Lipinski definition) is 3. The molecule has 0 aromatic carbocycles. The minimum absolute atomic E-state index is 0.0945. The van der Waals surface area contributed by atoms with Crippen LogP contribution in [0.4, 0.5) is 0 Å². The third kappa shape index (κ3) is 5.99. The van der Waals surface area contributed by atoms with Gasteiger partial charge in [-0.25, -0.2) is 0 Å². The first-order chi connectivity index (χ1) is 14.9. The molecule has 1 saturated carbocycles. The zero-order valence-corrected chi connectivity index (χ0v) is 19.0. The zero-order chi connectivity index (χ0) is 22.3. The molecule has 1 aliphatic rings. The van der Waals surface area contributed by atoms with E-state index in [0.717, 1.165) is 50.9 Å². The molecule has 2 aromatic heterocycles. The molecular formula is C20H31N7O3S. The summed E-state index contributed by atoms with van der Waals surface area (Å²) in [5.41, 5.74) is -0.575. The summed E-state index contributed by atoms with van der Waals surface area (Å²) < 4.78 is 7.89. The largest absolute Gasteiger partial charge is 0.356 e. The van der Waals surface area contributed by atoms with Gasteiger partial charge in [0.05, 0.1) is 0 Å². The number of carbonyl (C=O) groups is 2. The van der Waals surface area contributed by atoms with Crippen molar-refractivity contribution in [2.75, 3.05) is 6.54 Å². The number of aryl methyl sites for hydroxylation is 1. The fourth-order valence-corrected chi connectivity index (χ4v) is 4.39. The number of H-pyrrole nitrogens is 1. The maximum atomic E-state index is 12.2. The van der Waals surface area contributed by atoms with Crippen LogP contribution in [-0.4, -0.2) is 43.3 Å². The fraction of sp³-hybridized carbons (Fsp3) is 0.700. The Morgan fingerprint density at radius 1 is 1.23 bits per heavy atom. The third-order valence-corrected chi connectivity index (χ3v) is 5.97. The summed E-state index contributed by atoms with van der Waals surface area (Å²) in [5, 5.41) is 17.1. The van der Waals surface area contributed by atoms with Crippen LogP contribution in [-0.2, 0) is 34.5 Å². The van der Waals surface area contributed by atoms with Crippen LogP contribution < -0.4 is 10.6 Å². The van der Waals surface area contributed by atoms with E-state index < -0.39 is 5.54 Å². The van der Waals surface area contributed by atoms with Gasteiger partial charge in [-0.2, -0.15) is 10.1 Å². The molecule has 0 atom stereocenters. The number of nitrogens with zero attached hydrogens (tertiary/aromatic N) is 4. The highest BCUT2D eigenvalue weighted by atomic mass is 32.1. The van der Waals surface area contributed by atoms with Gasteiger partial charge in [0.15, 0.2) is 10.6 Å². The second kappa shape index (κ2) is 10.7. The maximum Gasteiger partial charge on any atom is 0.227 e. The lowest BCUT2D eigenvalue weighted by Crippen LogP contribution is -2.45. The normalized spacial score (nSPS) is 15.9. The van der Waals surface area contributed by atoms with E-state index in [0.29, 0.717) is 35.9 Å². The number of aromatic nitrogens is 5. The Morgan fingerprint density at radius 3 is 2.65 bits per heavy atom. The second-order valence-electron chi connectivity index (χ2n) is 7.98. The smallest absolute Gasteiger partial charge is 0.227 e. The molecule has 3 N–H and O–H groups in total. The number of carbonyl (C=O) groups excluding carboxylic acids is 2. The predicted octanol–water partition coefficient (Wildman–Crippen LogP) is 2.32. The van der Waals surface area contributed by atoms with E-state index in [2.05, 4.69) is 31.0 Å². The summed E-state index contributed by atoms with van der Waals surface area (Å²) in [7, 11) is 0. The minimum atomic E-state index is -0.575. The van der Waals surface area contributed by atoms with Crippen molar-refractivity contribution < 1.29 is 14.1 Å². The van der Waals surface area contributed by atoms with Crippen LogP contribution in [0.5, 0.6) is 0 Å². The number of nitrogens with one attached hydrogen (secondary N) is 3. The molecule has 0 radical (unpaired) electrons. The molecule has 10 nitrogen and oxygen atoms in total. The lowest BCUT2D eigenvalue weighted by atomic mass is 9.89. The summed E-state index contributed by atoms with van der Waals surface area (Å²) >= 11 is 5.17. The van der Waals surface area contributed by atoms with Gasteiger partial charge in [-0.05, 0) is 32.0 Å². The van der Waals surface area contributed by atoms with Gasteiger partial charge < -0.3 is 19.7 Å². The van der Waals surface area contributed by atoms with Crippen LogP contribution in [0, 0.1) is 4.77 Å². The van der Waals surface area contributed by atoms with Gasteiger partial charge in [-0.15, -0.1) is 0 Å². The average molecular weight is 450 g/mol. The summed E-state index contributed by atoms with van der Waals surface area (Å²) in [5.74, 6) is 1.55. The molecule has 2 heterocycles. The molecule has 1 fully saturated rings. The van der Waals surface area contributed by atoms with Crippen molar-refractivity contribution in [2.24, 2.45) is 0 Å². The molecule has 2 amide bonds. The van der Waals surface area contributed by atoms with Crippen molar-refractivity contribution in [3.8, 4) is 0 Å². The highest BCUT2D eigenvalue weighted by Gasteiger charge is 2.38. The molecule has 3 rings (SSSR count). The molecule has 0 bridgehead atoms. The Balaban J connectivity index is 1.52. The van der Waals surface area contributed by atoms with Crippen molar-refractivity contribution in [2.45, 2.75) is 83.7 Å². The number of aromatic amines is 1. The third-order valence-electron chi connectivity index (χ3n) is 5.66. The molecular weight excluding hydrogens is 418 g/mol. The van der Waals surface area contributed by atoms with Crippen LogP contribution in [0.1, 0.15) is 76.3 Å². The first kappa shape index (κ1) is 23.1. The number of amides is 2. The van der Waals surface area contributed by atoms with Crippen LogP contribution in [0.3, 0.4) is 0 Å². The molecule has 0 unspecified atom stereocenters. The Labute approximate surface area is 186 Å². The predicted molar refractivity (Wildman–Crippen MR) is 116 cm³/mol. The van der Waals surface area contributed by atoms with Gasteiger partial charge in [0.2, 0.25) is 17.7 Å². The second-order valence-corrected chi connectivity index (χ2v) is 8.37. The van der Waals surface area contributed by atoms with Crippen molar-refractivity contribution >= 4 is 24.0 Å². The quantitative estimate of drug-likeness (QED) is 0.395. The van der Waals surface area contributed by atoms with Crippen molar-refractivity contribution in [1.82, 2.24) is 35.5 Å². The monoisotopic (exact) mass is 449 g/mol. The van der Waals surface area contributed by atoms with Gasteiger partial charge in [-0.3, -0.25) is 14.7 Å². The van der Waals surface area contributed by atoms with Gasteiger partial charge in [0.1, 0.15) is 11.4 Å². The van der Waals surface area contributed by atoms with E-state index >= 15 is 0 Å². The summed E-state index contributed by atoms with van der Waals surface area (Å²) in [6.45, 7) is 4.72. The SMILES string of the molecule is CCn1c(CCNC(=O)CCc2nc(C3(NC(C)=O)CCCCCC3)no2)n[nH]c1=S. The van der Waals surface area contributed by atoms with Gasteiger partial charge in [-0.1, -0.05) is 30.8 Å². The standard InChI is InChI=1S/C20H31N7O3S/c1-3-27-15(24-25-19(27)31)10-13-21-16(29)8-9-17-22-18(26-30-17)20(23-14(2)28)11-6-4-5-7-12-20/h3-13H2,1-2H3,(H,21,29)(H,23,28)(H,25,31). The molecule has 0 spiro atoms. The minimum Gasteiger partial charge on any atom is -0.356 e. The lowest BCUT2D eigenvalue weighted by Gasteiger charge is -2.30. The van der Waals surface area contributed by atoms with Gasteiger partial charge >= 0.3 is 0 Å². The molecule has 1 aliphatic carbocycles. The Hall–Kier alpha value is -2.56. The van der Waals surface area contributed by atoms with E-state index in [-0.39, 0.29) is 18.2 Å². The molecule has 170 valence electrons. The van der Waals surface area contributed by atoms with Crippen LogP contribution in [0.25, 0.3) is 0 Å². The van der Waals surface area contributed by atoms with E-state index in [9.17, 15) is 9.59 Å². The zero-order valence-electron chi connectivity index (χ0n) is 18.2. The van der Waals surface area contributed by atoms with Gasteiger partial charge in [0, 0.05) is 39.3 Å². The molecule has 0 saturated heterocycles. The maximum absolute atomic E-state index is 12.2. The summed E-state index contributed by atoms with van der Waals surface area (Å²) in [6, 6.07) is 0. The van der Waals surface area contributed by atoms with E-state index in [4.69, 9.17) is 16.7 Å². The molecule has 31 heavy (non-hydrogen) atoms. The van der Waals surface area contributed by atoms with E-state index in [1.54, 1.807) is 0 Å². The average Bonchev–Trinajstić information content (AvgIpc) is 3.28. The van der Waals surface area contributed by atoms with Gasteiger partial charge in [0.25, 0.3) is 0 Å². The first-order valence-corrected chi connectivity index (χ1v) is 11.4.